The van der Waals surface area contributed by atoms with E-state index in [0.29, 0.717) is 13.1 Å². The Morgan fingerprint density at radius 3 is 2.78 bits per heavy atom. The first-order valence-electron chi connectivity index (χ1n) is 5.45. The van der Waals surface area contributed by atoms with E-state index in [2.05, 4.69) is 4.98 Å². The fourth-order valence-corrected chi connectivity index (χ4v) is 1.93. The van der Waals surface area contributed by atoms with Gasteiger partial charge in [0, 0.05) is 24.8 Å². The molecule has 1 aromatic rings. The fraction of sp³-hybridized carbons (Fsp3) is 0.455. The third kappa shape index (κ3) is 2.45. The van der Waals surface area contributed by atoms with Gasteiger partial charge in [-0.1, -0.05) is 0 Å². The number of amides is 1. The van der Waals surface area contributed by atoms with Crippen LogP contribution in [0.1, 0.15) is 12.1 Å². The van der Waals surface area contributed by atoms with Crippen molar-refractivity contribution in [3.8, 4) is 0 Å². The molecule has 1 aliphatic heterocycles. The average molecular weight is 259 g/mol. The van der Waals surface area contributed by atoms with Crippen LogP contribution < -0.4 is 10.6 Å². The van der Waals surface area contributed by atoms with Crippen LogP contribution in [0.25, 0.3) is 0 Å². The zero-order valence-electron chi connectivity index (χ0n) is 9.44. The molecule has 0 saturated carbocycles. The van der Waals surface area contributed by atoms with Gasteiger partial charge in [-0.3, -0.25) is 9.78 Å². The highest BCUT2D eigenvalue weighted by atomic mass is 19.4. The maximum atomic E-state index is 12.5. The van der Waals surface area contributed by atoms with Crippen molar-refractivity contribution in [2.75, 3.05) is 18.0 Å². The number of rotatable bonds is 2. The monoisotopic (exact) mass is 259 g/mol. The summed E-state index contributed by atoms with van der Waals surface area (Å²) < 4.78 is 37.5. The van der Waals surface area contributed by atoms with Crippen molar-refractivity contribution in [3.05, 3.63) is 24.0 Å². The van der Waals surface area contributed by atoms with Gasteiger partial charge in [0.1, 0.15) is 5.69 Å². The molecule has 1 fully saturated rings. The number of aromatic nitrogens is 1. The number of nitrogens with two attached hydrogens (primary N) is 1. The van der Waals surface area contributed by atoms with Gasteiger partial charge >= 0.3 is 6.18 Å². The van der Waals surface area contributed by atoms with E-state index in [9.17, 15) is 18.0 Å². The largest absolute Gasteiger partial charge is 0.433 e. The van der Waals surface area contributed by atoms with Crippen LogP contribution in [0.3, 0.4) is 0 Å². The summed E-state index contributed by atoms with van der Waals surface area (Å²) in [4.78, 5) is 16.3. The normalized spacial score (nSPS) is 20.6. The van der Waals surface area contributed by atoms with Gasteiger partial charge in [0.25, 0.3) is 0 Å². The third-order valence-corrected chi connectivity index (χ3v) is 2.88. The SMILES string of the molecule is NCC1CC(=O)N(c2ccnc(C(F)(F)F)c2)C1. The van der Waals surface area contributed by atoms with Gasteiger partial charge in [-0.05, 0) is 24.6 Å². The highest BCUT2D eigenvalue weighted by Gasteiger charge is 2.35. The molecule has 0 spiro atoms. The van der Waals surface area contributed by atoms with Gasteiger partial charge in [0.05, 0.1) is 0 Å². The number of halogens is 3. The lowest BCUT2D eigenvalue weighted by Crippen LogP contribution is -2.26. The summed E-state index contributed by atoms with van der Waals surface area (Å²) in [6, 6.07) is 2.28. The molecule has 2 heterocycles. The molecule has 0 radical (unpaired) electrons. The molecule has 1 aliphatic rings. The topological polar surface area (TPSA) is 59.2 Å². The van der Waals surface area contributed by atoms with Gasteiger partial charge in [0.15, 0.2) is 0 Å². The lowest BCUT2D eigenvalue weighted by molar-refractivity contribution is -0.141. The molecule has 18 heavy (non-hydrogen) atoms. The van der Waals surface area contributed by atoms with Crippen molar-refractivity contribution in [2.45, 2.75) is 12.6 Å². The average Bonchev–Trinajstić information content (AvgIpc) is 2.70. The maximum absolute atomic E-state index is 12.5. The summed E-state index contributed by atoms with van der Waals surface area (Å²) in [7, 11) is 0. The van der Waals surface area contributed by atoms with Crippen LogP contribution in [0.15, 0.2) is 18.3 Å². The van der Waals surface area contributed by atoms with Gasteiger partial charge in [-0.25, -0.2) is 0 Å². The van der Waals surface area contributed by atoms with E-state index in [1.54, 1.807) is 0 Å². The minimum atomic E-state index is -4.51. The van der Waals surface area contributed by atoms with Crippen LogP contribution in [0.5, 0.6) is 0 Å². The van der Waals surface area contributed by atoms with Crippen molar-refractivity contribution >= 4 is 11.6 Å². The number of hydrogen-bond acceptors (Lipinski definition) is 3. The Morgan fingerprint density at radius 2 is 2.22 bits per heavy atom. The van der Waals surface area contributed by atoms with E-state index < -0.39 is 11.9 Å². The lowest BCUT2D eigenvalue weighted by Gasteiger charge is -2.17. The summed E-state index contributed by atoms with van der Waals surface area (Å²) in [5.41, 5.74) is 4.69. The van der Waals surface area contributed by atoms with Gasteiger partial charge < -0.3 is 10.6 Å². The van der Waals surface area contributed by atoms with E-state index in [1.807, 2.05) is 0 Å². The summed E-state index contributed by atoms with van der Waals surface area (Å²) >= 11 is 0. The highest BCUT2D eigenvalue weighted by molar-refractivity contribution is 5.95. The molecule has 7 heteroatoms. The van der Waals surface area contributed by atoms with Gasteiger partial charge in [-0.15, -0.1) is 0 Å². The van der Waals surface area contributed by atoms with Crippen LogP contribution in [0.4, 0.5) is 18.9 Å². The smallest absolute Gasteiger partial charge is 0.330 e. The van der Waals surface area contributed by atoms with E-state index in [4.69, 9.17) is 5.73 Å². The van der Waals surface area contributed by atoms with E-state index in [1.165, 1.54) is 11.0 Å². The van der Waals surface area contributed by atoms with Crippen molar-refractivity contribution < 1.29 is 18.0 Å². The fourth-order valence-electron chi connectivity index (χ4n) is 1.93. The van der Waals surface area contributed by atoms with E-state index in [-0.39, 0.29) is 23.9 Å². The minimum absolute atomic E-state index is 0.00000189. The molecule has 98 valence electrons. The van der Waals surface area contributed by atoms with Gasteiger partial charge in [0.2, 0.25) is 5.91 Å². The summed E-state index contributed by atoms with van der Waals surface area (Å²) in [6.07, 6.45) is -3.17. The molecule has 0 aromatic carbocycles. The number of nitrogens with zero attached hydrogens (tertiary/aromatic N) is 2. The van der Waals surface area contributed by atoms with Crippen LogP contribution in [0.2, 0.25) is 0 Å². The Bertz CT molecular complexity index is 461. The first-order valence-corrected chi connectivity index (χ1v) is 5.45. The number of alkyl halides is 3. The van der Waals surface area contributed by atoms with E-state index in [0.717, 1.165) is 12.3 Å². The predicted molar refractivity (Wildman–Crippen MR) is 58.8 cm³/mol. The third-order valence-electron chi connectivity index (χ3n) is 2.88. The summed E-state index contributed by atoms with van der Waals surface area (Å²) in [5, 5.41) is 0. The minimum Gasteiger partial charge on any atom is -0.330 e. The maximum Gasteiger partial charge on any atom is 0.433 e. The molecule has 1 unspecified atom stereocenters. The molecular weight excluding hydrogens is 247 g/mol. The van der Waals surface area contributed by atoms with Gasteiger partial charge in [-0.2, -0.15) is 13.2 Å². The summed E-state index contributed by atoms with van der Waals surface area (Å²) in [5.74, 6) is -0.204. The number of hydrogen-bond donors (Lipinski definition) is 1. The molecule has 0 aliphatic carbocycles. The Labute approximate surface area is 102 Å². The quantitative estimate of drug-likeness (QED) is 0.873. The Balaban J connectivity index is 2.27. The molecule has 0 bridgehead atoms. The van der Waals surface area contributed by atoms with E-state index >= 15 is 0 Å². The van der Waals surface area contributed by atoms with Crippen LogP contribution >= 0.6 is 0 Å². The standard InChI is InChI=1S/C11H12F3N3O/c12-11(13,14)9-4-8(1-2-16-9)17-6-7(5-15)3-10(17)18/h1-2,4,7H,3,5-6,15H2. The van der Waals surface area contributed by atoms with Crippen molar-refractivity contribution in [1.82, 2.24) is 4.98 Å². The number of anilines is 1. The second-order valence-corrected chi connectivity index (χ2v) is 4.21. The van der Waals surface area contributed by atoms with Crippen LogP contribution in [-0.4, -0.2) is 24.0 Å². The highest BCUT2D eigenvalue weighted by Crippen LogP contribution is 2.31. The molecule has 1 saturated heterocycles. The first-order chi connectivity index (χ1) is 8.41. The molecule has 4 nitrogen and oxygen atoms in total. The molecular formula is C11H12F3N3O. The summed E-state index contributed by atoms with van der Waals surface area (Å²) in [6.45, 7) is 0.704. The van der Waals surface area contributed by atoms with Crippen LogP contribution in [0, 0.1) is 5.92 Å². The first kappa shape index (κ1) is 12.8. The molecule has 1 atom stereocenters. The number of pyridine rings is 1. The zero-order valence-corrected chi connectivity index (χ0v) is 9.44. The Hall–Kier alpha value is -1.63. The Kier molecular flexibility index (Phi) is 3.25. The molecule has 2 rings (SSSR count). The van der Waals surface area contributed by atoms with Crippen LogP contribution in [-0.2, 0) is 11.0 Å². The van der Waals surface area contributed by atoms with Crippen molar-refractivity contribution in [1.29, 1.82) is 0 Å². The second kappa shape index (κ2) is 4.56. The zero-order chi connectivity index (χ0) is 13.3. The Morgan fingerprint density at radius 1 is 1.50 bits per heavy atom. The van der Waals surface area contributed by atoms with Crippen molar-refractivity contribution in [2.24, 2.45) is 11.7 Å². The number of carbonyl (C=O) groups excluding carboxylic acids is 1. The lowest BCUT2D eigenvalue weighted by atomic mass is 10.1. The predicted octanol–water partition coefficient (Wildman–Crippen LogP) is 1.41. The second-order valence-electron chi connectivity index (χ2n) is 4.21. The molecule has 1 aromatic heterocycles. The molecule has 2 N–H and O–H groups in total. The number of carbonyl (C=O) groups is 1. The van der Waals surface area contributed by atoms with Crippen molar-refractivity contribution in [3.63, 3.8) is 0 Å². The molecule has 1 amide bonds.